The maximum absolute atomic E-state index is 5.37. The largest absolute Gasteiger partial charge is 0.496 e. The third-order valence-corrected chi connectivity index (χ3v) is 5.82. The zero-order chi connectivity index (χ0) is 19.9. The standard InChI is InChI=1S/C22H26BrN3OS/c1-16(2)24-12-7-13-26-20(17-10-11-21(27-3)19(23)14-17)15-28-22(26)25-18-8-5-4-6-9-18/h4-6,8-11,14-16,24H,7,12-13H2,1-3H3. The number of thiazole rings is 1. The highest BCUT2D eigenvalue weighted by atomic mass is 79.9. The highest BCUT2D eigenvalue weighted by Gasteiger charge is 2.11. The first-order valence-corrected chi connectivity index (χ1v) is 11.1. The SMILES string of the molecule is COc1ccc(-c2csc(=Nc3ccccc3)n2CCCNC(C)C)cc1Br. The minimum atomic E-state index is 0.498. The predicted octanol–water partition coefficient (Wildman–Crippen LogP) is 5.61. The Kier molecular flexibility index (Phi) is 7.48. The number of nitrogens with zero attached hydrogens (tertiary/aromatic N) is 2. The summed E-state index contributed by atoms with van der Waals surface area (Å²) in [7, 11) is 1.68. The fourth-order valence-electron chi connectivity index (χ4n) is 2.93. The molecule has 2 aromatic carbocycles. The molecule has 0 saturated heterocycles. The van der Waals surface area contributed by atoms with Crippen LogP contribution in [0.5, 0.6) is 5.75 Å². The molecule has 148 valence electrons. The number of hydrogen-bond donors (Lipinski definition) is 1. The fraction of sp³-hybridized carbons (Fsp3) is 0.318. The van der Waals surface area contributed by atoms with Gasteiger partial charge in [-0.25, -0.2) is 4.99 Å². The van der Waals surface area contributed by atoms with Gasteiger partial charge < -0.3 is 14.6 Å². The lowest BCUT2D eigenvalue weighted by Crippen LogP contribution is -2.26. The number of methoxy groups -OCH3 is 1. The van der Waals surface area contributed by atoms with Crippen molar-refractivity contribution in [1.82, 2.24) is 9.88 Å². The normalized spacial score (nSPS) is 12.0. The average molecular weight is 460 g/mol. The first kappa shape index (κ1) is 20.8. The van der Waals surface area contributed by atoms with Crippen LogP contribution < -0.4 is 14.9 Å². The monoisotopic (exact) mass is 459 g/mol. The van der Waals surface area contributed by atoms with Crippen LogP contribution in [0, 0.1) is 0 Å². The van der Waals surface area contributed by atoms with Gasteiger partial charge >= 0.3 is 0 Å². The second-order valence-corrected chi connectivity index (χ2v) is 8.51. The van der Waals surface area contributed by atoms with Crippen molar-refractivity contribution in [3.63, 3.8) is 0 Å². The molecule has 4 nitrogen and oxygen atoms in total. The number of ether oxygens (including phenoxy) is 1. The van der Waals surface area contributed by atoms with Gasteiger partial charge in [0.25, 0.3) is 0 Å². The number of para-hydroxylation sites is 1. The predicted molar refractivity (Wildman–Crippen MR) is 121 cm³/mol. The van der Waals surface area contributed by atoms with Gasteiger partial charge in [0.2, 0.25) is 0 Å². The average Bonchev–Trinajstić information content (AvgIpc) is 3.08. The molecule has 0 saturated carbocycles. The van der Waals surface area contributed by atoms with Gasteiger partial charge in [0.05, 0.1) is 23.0 Å². The molecule has 3 rings (SSSR count). The third-order valence-electron chi connectivity index (χ3n) is 4.34. The molecule has 1 N–H and O–H groups in total. The van der Waals surface area contributed by atoms with Crippen LogP contribution in [-0.2, 0) is 6.54 Å². The van der Waals surface area contributed by atoms with Crippen LogP contribution in [0.4, 0.5) is 5.69 Å². The first-order chi connectivity index (χ1) is 13.6. The molecular formula is C22H26BrN3OS. The second-order valence-electron chi connectivity index (χ2n) is 6.81. The summed E-state index contributed by atoms with van der Waals surface area (Å²) >= 11 is 5.28. The van der Waals surface area contributed by atoms with E-state index in [0.29, 0.717) is 6.04 Å². The summed E-state index contributed by atoms with van der Waals surface area (Å²) in [6.07, 6.45) is 1.04. The van der Waals surface area contributed by atoms with Gasteiger partial charge in [-0.3, -0.25) is 0 Å². The first-order valence-electron chi connectivity index (χ1n) is 9.44. The van der Waals surface area contributed by atoms with Crippen LogP contribution in [0.2, 0.25) is 0 Å². The van der Waals surface area contributed by atoms with E-state index in [0.717, 1.165) is 45.8 Å². The molecule has 0 bridgehead atoms. The lowest BCUT2D eigenvalue weighted by Gasteiger charge is -2.12. The van der Waals surface area contributed by atoms with E-state index in [1.165, 1.54) is 5.69 Å². The van der Waals surface area contributed by atoms with E-state index in [1.54, 1.807) is 18.4 Å². The van der Waals surface area contributed by atoms with E-state index >= 15 is 0 Å². The maximum atomic E-state index is 5.37. The smallest absolute Gasteiger partial charge is 0.190 e. The molecule has 0 spiro atoms. The zero-order valence-electron chi connectivity index (χ0n) is 16.5. The molecule has 28 heavy (non-hydrogen) atoms. The van der Waals surface area contributed by atoms with E-state index in [9.17, 15) is 0 Å². The van der Waals surface area contributed by atoms with E-state index in [4.69, 9.17) is 9.73 Å². The minimum Gasteiger partial charge on any atom is -0.496 e. The van der Waals surface area contributed by atoms with Gasteiger partial charge in [0.15, 0.2) is 4.80 Å². The Balaban J connectivity index is 1.97. The van der Waals surface area contributed by atoms with Crippen LogP contribution in [-0.4, -0.2) is 24.3 Å². The molecule has 0 aliphatic rings. The number of hydrogen-bond acceptors (Lipinski definition) is 4. The van der Waals surface area contributed by atoms with Gasteiger partial charge in [-0.05, 0) is 59.2 Å². The van der Waals surface area contributed by atoms with Gasteiger partial charge in [0, 0.05) is 23.5 Å². The lowest BCUT2D eigenvalue weighted by atomic mass is 10.1. The molecule has 1 aromatic heterocycles. The summed E-state index contributed by atoms with van der Waals surface area (Å²) in [6.45, 7) is 6.24. The maximum Gasteiger partial charge on any atom is 0.190 e. The molecule has 6 heteroatoms. The minimum absolute atomic E-state index is 0.498. The van der Waals surface area contributed by atoms with E-state index in [2.05, 4.69) is 57.2 Å². The summed E-state index contributed by atoms with van der Waals surface area (Å²) in [5, 5.41) is 5.68. The van der Waals surface area contributed by atoms with Gasteiger partial charge in [-0.15, -0.1) is 11.3 Å². The van der Waals surface area contributed by atoms with Crippen LogP contribution in [0.15, 0.2) is 63.4 Å². The van der Waals surface area contributed by atoms with Crippen LogP contribution in [0.1, 0.15) is 20.3 Å². The van der Waals surface area contributed by atoms with Crippen LogP contribution >= 0.6 is 27.3 Å². The molecule has 1 heterocycles. The summed E-state index contributed by atoms with van der Waals surface area (Å²) in [6, 6.07) is 16.8. The van der Waals surface area contributed by atoms with Crippen molar-refractivity contribution in [2.75, 3.05) is 13.7 Å². The van der Waals surface area contributed by atoms with Crippen molar-refractivity contribution in [2.45, 2.75) is 32.9 Å². The quantitative estimate of drug-likeness (QED) is 0.444. The Morgan fingerprint density at radius 1 is 1.18 bits per heavy atom. The highest BCUT2D eigenvalue weighted by molar-refractivity contribution is 9.10. The summed E-state index contributed by atoms with van der Waals surface area (Å²) < 4.78 is 8.64. The Labute approximate surface area is 179 Å². The van der Waals surface area contributed by atoms with Crippen LogP contribution in [0.25, 0.3) is 11.3 Å². The van der Waals surface area contributed by atoms with Crippen molar-refractivity contribution < 1.29 is 4.74 Å². The van der Waals surface area contributed by atoms with E-state index in [-0.39, 0.29) is 0 Å². The Hall–Kier alpha value is -1.89. The van der Waals surface area contributed by atoms with Crippen molar-refractivity contribution >= 4 is 33.0 Å². The van der Waals surface area contributed by atoms with Crippen molar-refractivity contribution in [3.8, 4) is 17.0 Å². The summed E-state index contributed by atoms with van der Waals surface area (Å²) in [4.78, 5) is 5.89. The van der Waals surface area contributed by atoms with E-state index in [1.807, 2.05) is 36.4 Å². The topological polar surface area (TPSA) is 38.5 Å². The van der Waals surface area contributed by atoms with Crippen LogP contribution in [0.3, 0.4) is 0 Å². The third kappa shape index (κ3) is 5.34. The fourth-order valence-corrected chi connectivity index (χ4v) is 4.43. The molecule has 0 fully saturated rings. The van der Waals surface area contributed by atoms with Gasteiger partial charge in [-0.1, -0.05) is 32.0 Å². The second kappa shape index (κ2) is 10.0. The van der Waals surface area contributed by atoms with Crippen molar-refractivity contribution in [1.29, 1.82) is 0 Å². The Morgan fingerprint density at radius 3 is 2.64 bits per heavy atom. The molecule has 0 unspecified atom stereocenters. The number of rotatable bonds is 8. The summed E-state index contributed by atoms with van der Waals surface area (Å²) in [5.74, 6) is 0.834. The highest BCUT2D eigenvalue weighted by Crippen LogP contribution is 2.31. The zero-order valence-corrected chi connectivity index (χ0v) is 18.9. The Bertz CT molecular complexity index is 963. The van der Waals surface area contributed by atoms with Gasteiger partial charge in [-0.2, -0.15) is 0 Å². The number of aromatic nitrogens is 1. The number of nitrogens with one attached hydrogen (secondary N) is 1. The lowest BCUT2D eigenvalue weighted by molar-refractivity contribution is 0.412. The number of benzene rings is 2. The molecule has 0 amide bonds. The Morgan fingerprint density at radius 2 is 1.96 bits per heavy atom. The van der Waals surface area contributed by atoms with Gasteiger partial charge in [0.1, 0.15) is 5.75 Å². The molecule has 0 atom stereocenters. The van der Waals surface area contributed by atoms with Crippen molar-refractivity contribution in [2.24, 2.45) is 4.99 Å². The molecule has 0 aliphatic carbocycles. The molecule has 3 aromatic rings. The molecule has 0 radical (unpaired) electrons. The van der Waals surface area contributed by atoms with E-state index < -0.39 is 0 Å². The van der Waals surface area contributed by atoms with Crippen molar-refractivity contribution in [3.05, 3.63) is 63.2 Å². The summed E-state index contributed by atoms with van der Waals surface area (Å²) in [5.41, 5.74) is 3.30. The molecule has 0 aliphatic heterocycles. The molecular weight excluding hydrogens is 434 g/mol. The number of halogens is 1.